The summed E-state index contributed by atoms with van der Waals surface area (Å²) in [6.07, 6.45) is -0.615. The number of rotatable bonds is 6. The summed E-state index contributed by atoms with van der Waals surface area (Å²) in [4.78, 5) is 17.6. The molecular weight excluding hydrogens is 300 g/mol. The highest BCUT2D eigenvalue weighted by Crippen LogP contribution is 2.17. The lowest BCUT2D eigenvalue weighted by atomic mass is 10.2. The molecule has 6 heteroatoms. The monoisotopic (exact) mass is 320 g/mol. The first-order chi connectivity index (χ1) is 10.5. The lowest BCUT2D eigenvalue weighted by Gasteiger charge is -2.14. The van der Waals surface area contributed by atoms with Crippen LogP contribution in [0, 0.1) is 13.8 Å². The molecule has 1 aromatic heterocycles. The van der Waals surface area contributed by atoms with Crippen LogP contribution in [0.4, 0.5) is 0 Å². The molecule has 0 saturated carbocycles. The second-order valence-electron chi connectivity index (χ2n) is 5.03. The van der Waals surface area contributed by atoms with Gasteiger partial charge in [0.25, 0.3) is 5.91 Å². The molecule has 1 unspecified atom stereocenters. The highest BCUT2D eigenvalue weighted by atomic mass is 32.1. The maximum atomic E-state index is 12.1. The summed E-state index contributed by atoms with van der Waals surface area (Å²) < 4.78 is 5.60. The Morgan fingerprint density at radius 2 is 2.23 bits per heavy atom. The molecule has 0 aliphatic rings. The van der Waals surface area contributed by atoms with Crippen LogP contribution in [0.2, 0.25) is 0 Å². The Labute approximate surface area is 134 Å². The molecule has 1 atom stereocenters. The normalized spacial score (nSPS) is 12.0. The number of nitrogens with zero attached hydrogens (tertiary/aromatic N) is 1. The van der Waals surface area contributed by atoms with E-state index in [1.165, 1.54) is 0 Å². The standard InChI is InChI=1S/C16H20N2O3S/c1-10-12(3)22-15(18-10)8-17-16(20)11(2)21-14-6-4-5-13(7-14)9-19/h4-7,11,19H,8-9H2,1-3H3,(H,17,20). The number of benzene rings is 1. The number of aliphatic hydroxyl groups is 1. The lowest BCUT2D eigenvalue weighted by Crippen LogP contribution is -2.35. The summed E-state index contributed by atoms with van der Waals surface area (Å²) in [5, 5.41) is 12.8. The van der Waals surface area contributed by atoms with Crippen molar-refractivity contribution in [1.29, 1.82) is 0 Å². The molecule has 0 aliphatic heterocycles. The van der Waals surface area contributed by atoms with Gasteiger partial charge in [0.05, 0.1) is 18.8 Å². The Hall–Kier alpha value is -1.92. The fourth-order valence-electron chi connectivity index (χ4n) is 1.90. The minimum absolute atomic E-state index is 0.0550. The van der Waals surface area contributed by atoms with Crippen molar-refractivity contribution in [3.05, 3.63) is 45.4 Å². The van der Waals surface area contributed by atoms with Gasteiger partial charge in [-0.1, -0.05) is 12.1 Å². The van der Waals surface area contributed by atoms with E-state index in [-0.39, 0.29) is 12.5 Å². The van der Waals surface area contributed by atoms with Gasteiger partial charge in [0, 0.05) is 4.88 Å². The SMILES string of the molecule is Cc1nc(CNC(=O)C(C)Oc2cccc(CO)c2)sc1C. The van der Waals surface area contributed by atoms with Gasteiger partial charge < -0.3 is 15.2 Å². The van der Waals surface area contributed by atoms with E-state index in [0.29, 0.717) is 12.3 Å². The fourth-order valence-corrected chi connectivity index (χ4v) is 2.77. The number of ether oxygens (including phenoxy) is 1. The molecule has 0 saturated heterocycles. The van der Waals surface area contributed by atoms with Crippen molar-refractivity contribution in [3.8, 4) is 5.75 Å². The molecule has 2 aromatic rings. The fraction of sp³-hybridized carbons (Fsp3) is 0.375. The van der Waals surface area contributed by atoms with Crippen LogP contribution in [-0.2, 0) is 17.9 Å². The molecule has 0 fully saturated rings. The average Bonchev–Trinajstić information content (AvgIpc) is 2.83. The van der Waals surface area contributed by atoms with Crippen molar-refractivity contribution >= 4 is 17.2 Å². The second kappa shape index (κ2) is 7.38. The van der Waals surface area contributed by atoms with E-state index in [9.17, 15) is 4.79 Å². The van der Waals surface area contributed by atoms with Crippen LogP contribution in [0.1, 0.15) is 28.1 Å². The summed E-state index contributed by atoms with van der Waals surface area (Å²) in [6, 6.07) is 7.06. The first kappa shape index (κ1) is 16.5. The van der Waals surface area contributed by atoms with Gasteiger partial charge in [0.15, 0.2) is 6.10 Å². The zero-order chi connectivity index (χ0) is 16.1. The molecule has 2 rings (SSSR count). The third kappa shape index (κ3) is 4.29. The average molecular weight is 320 g/mol. The third-order valence-corrected chi connectivity index (χ3v) is 4.32. The van der Waals surface area contributed by atoms with Crippen molar-refractivity contribution in [3.63, 3.8) is 0 Å². The molecule has 118 valence electrons. The minimum atomic E-state index is -0.615. The Kier molecular flexibility index (Phi) is 5.51. The van der Waals surface area contributed by atoms with Gasteiger partial charge in [0.2, 0.25) is 0 Å². The molecule has 0 aliphatic carbocycles. The highest BCUT2D eigenvalue weighted by molar-refractivity contribution is 7.11. The van der Waals surface area contributed by atoms with E-state index in [2.05, 4.69) is 10.3 Å². The number of hydrogen-bond donors (Lipinski definition) is 2. The van der Waals surface area contributed by atoms with E-state index >= 15 is 0 Å². The molecule has 5 nitrogen and oxygen atoms in total. The maximum Gasteiger partial charge on any atom is 0.261 e. The maximum absolute atomic E-state index is 12.1. The first-order valence-corrected chi connectivity index (χ1v) is 7.88. The molecule has 0 radical (unpaired) electrons. The summed E-state index contributed by atoms with van der Waals surface area (Å²) in [7, 11) is 0. The number of hydrogen-bond acceptors (Lipinski definition) is 5. The van der Waals surface area contributed by atoms with E-state index in [1.807, 2.05) is 13.8 Å². The quantitative estimate of drug-likeness (QED) is 0.857. The molecule has 22 heavy (non-hydrogen) atoms. The third-order valence-electron chi connectivity index (χ3n) is 3.25. The highest BCUT2D eigenvalue weighted by Gasteiger charge is 2.15. The van der Waals surface area contributed by atoms with Crippen LogP contribution in [0.3, 0.4) is 0 Å². The zero-order valence-electron chi connectivity index (χ0n) is 12.9. The van der Waals surface area contributed by atoms with Crippen LogP contribution < -0.4 is 10.1 Å². The van der Waals surface area contributed by atoms with Crippen LogP contribution in [0.5, 0.6) is 5.75 Å². The Balaban J connectivity index is 1.88. The molecule has 0 bridgehead atoms. The van der Waals surface area contributed by atoms with Crippen LogP contribution >= 0.6 is 11.3 Å². The van der Waals surface area contributed by atoms with Gasteiger partial charge >= 0.3 is 0 Å². The Bertz CT molecular complexity index is 635. The van der Waals surface area contributed by atoms with Crippen molar-refractivity contribution in [1.82, 2.24) is 10.3 Å². The van der Waals surface area contributed by atoms with Crippen molar-refractivity contribution in [2.75, 3.05) is 0 Å². The molecular formula is C16H20N2O3S. The van der Waals surface area contributed by atoms with E-state index in [1.54, 1.807) is 42.5 Å². The van der Waals surface area contributed by atoms with E-state index < -0.39 is 6.10 Å². The van der Waals surface area contributed by atoms with Crippen molar-refractivity contribution in [2.45, 2.75) is 40.0 Å². The number of aryl methyl sites for hydroxylation is 2. The number of amides is 1. The summed E-state index contributed by atoms with van der Waals surface area (Å²) >= 11 is 1.58. The number of thiazole rings is 1. The minimum Gasteiger partial charge on any atom is -0.481 e. The number of carbonyl (C=O) groups excluding carboxylic acids is 1. The van der Waals surface area contributed by atoms with Gasteiger partial charge in [-0.05, 0) is 38.5 Å². The number of nitrogens with one attached hydrogen (secondary N) is 1. The zero-order valence-corrected chi connectivity index (χ0v) is 13.7. The topological polar surface area (TPSA) is 71.5 Å². The number of aromatic nitrogens is 1. The lowest BCUT2D eigenvalue weighted by molar-refractivity contribution is -0.127. The smallest absolute Gasteiger partial charge is 0.261 e. The van der Waals surface area contributed by atoms with Crippen molar-refractivity contribution < 1.29 is 14.6 Å². The summed E-state index contributed by atoms with van der Waals surface area (Å²) in [5.41, 5.74) is 1.75. The van der Waals surface area contributed by atoms with E-state index in [4.69, 9.17) is 9.84 Å². The molecule has 0 spiro atoms. The molecule has 1 heterocycles. The van der Waals surface area contributed by atoms with E-state index in [0.717, 1.165) is 21.1 Å². The van der Waals surface area contributed by atoms with Gasteiger partial charge in [-0.2, -0.15) is 0 Å². The predicted molar refractivity (Wildman–Crippen MR) is 85.9 cm³/mol. The van der Waals surface area contributed by atoms with Crippen LogP contribution in [0.25, 0.3) is 0 Å². The summed E-state index contributed by atoms with van der Waals surface area (Å²) in [5.74, 6) is 0.370. The summed E-state index contributed by atoms with van der Waals surface area (Å²) in [6.45, 7) is 6.01. The van der Waals surface area contributed by atoms with Gasteiger partial charge in [-0.15, -0.1) is 11.3 Å². The Morgan fingerprint density at radius 3 is 2.86 bits per heavy atom. The molecule has 1 aromatic carbocycles. The number of aliphatic hydroxyl groups excluding tert-OH is 1. The predicted octanol–water partition coefficient (Wildman–Crippen LogP) is 2.34. The van der Waals surface area contributed by atoms with Gasteiger partial charge in [-0.25, -0.2) is 4.98 Å². The van der Waals surface area contributed by atoms with Crippen LogP contribution in [0.15, 0.2) is 24.3 Å². The molecule has 2 N–H and O–H groups in total. The second-order valence-corrected chi connectivity index (χ2v) is 6.32. The Morgan fingerprint density at radius 1 is 1.45 bits per heavy atom. The van der Waals surface area contributed by atoms with Crippen molar-refractivity contribution in [2.24, 2.45) is 0 Å². The number of carbonyl (C=O) groups is 1. The van der Waals surface area contributed by atoms with Gasteiger partial charge in [-0.3, -0.25) is 4.79 Å². The van der Waals surface area contributed by atoms with Crippen LogP contribution in [-0.4, -0.2) is 22.1 Å². The first-order valence-electron chi connectivity index (χ1n) is 7.06. The molecule has 1 amide bonds. The van der Waals surface area contributed by atoms with Gasteiger partial charge in [0.1, 0.15) is 10.8 Å². The largest absolute Gasteiger partial charge is 0.481 e.